The van der Waals surface area contributed by atoms with Crippen molar-refractivity contribution >= 4 is 23.4 Å². The molecule has 1 aliphatic heterocycles. The number of esters is 1. The summed E-state index contributed by atoms with van der Waals surface area (Å²) in [6.07, 6.45) is 0.646. The van der Waals surface area contributed by atoms with E-state index in [4.69, 9.17) is 14.2 Å². The van der Waals surface area contributed by atoms with Crippen molar-refractivity contribution in [3.63, 3.8) is 0 Å². The molecule has 2 N–H and O–H groups in total. The Morgan fingerprint density at radius 1 is 1.08 bits per heavy atom. The van der Waals surface area contributed by atoms with E-state index in [1.165, 1.54) is 26.2 Å². The van der Waals surface area contributed by atoms with Gasteiger partial charge in [-0.25, -0.2) is 4.79 Å². The van der Waals surface area contributed by atoms with E-state index in [0.29, 0.717) is 41.3 Å². The van der Waals surface area contributed by atoms with Gasteiger partial charge in [-0.1, -0.05) is 19.9 Å². The Balaban J connectivity index is 2.18. The Labute approximate surface area is 223 Å². The second-order valence-electron chi connectivity index (χ2n) is 9.10. The number of rotatable bonds is 11. The molecule has 2 heterocycles. The number of H-pyrrole nitrogens is 1. The number of likely N-dealkylation sites (tertiary alicyclic amines) is 1. The molecule has 1 atom stereocenters. The number of methoxy groups -OCH3 is 3. The molecule has 0 unspecified atom stereocenters. The molecule has 10 heteroatoms. The summed E-state index contributed by atoms with van der Waals surface area (Å²) in [5, 5.41) is 11.5. The van der Waals surface area contributed by atoms with Crippen LogP contribution in [-0.2, 0) is 14.3 Å². The fourth-order valence-corrected chi connectivity index (χ4v) is 5.03. The highest BCUT2D eigenvalue weighted by atomic mass is 16.5. The van der Waals surface area contributed by atoms with Crippen LogP contribution in [0.5, 0.6) is 11.5 Å². The summed E-state index contributed by atoms with van der Waals surface area (Å²) < 4.78 is 15.7. The molecule has 0 saturated carbocycles. The number of aryl methyl sites for hydroxylation is 1. The Hall–Kier alpha value is -3.79. The summed E-state index contributed by atoms with van der Waals surface area (Å²) in [4.78, 5) is 45.7. The number of aliphatic hydroxyl groups excluding tert-OH is 1. The topological polar surface area (TPSA) is 121 Å². The third-order valence-corrected chi connectivity index (χ3v) is 7.09. The molecule has 1 amide bonds. The molecule has 206 valence electrons. The van der Waals surface area contributed by atoms with Gasteiger partial charge in [-0.3, -0.25) is 9.59 Å². The lowest BCUT2D eigenvalue weighted by Gasteiger charge is -2.27. The molecule has 1 saturated heterocycles. The van der Waals surface area contributed by atoms with E-state index in [1.807, 2.05) is 0 Å². The van der Waals surface area contributed by atoms with Crippen molar-refractivity contribution in [2.45, 2.75) is 40.2 Å². The zero-order valence-corrected chi connectivity index (χ0v) is 23.1. The molecule has 10 nitrogen and oxygen atoms in total. The van der Waals surface area contributed by atoms with Gasteiger partial charge in [0.1, 0.15) is 11.5 Å². The van der Waals surface area contributed by atoms with Crippen LogP contribution < -0.4 is 9.47 Å². The van der Waals surface area contributed by atoms with Gasteiger partial charge in [-0.15, -0.1) is 0 Å². The van der Waals surface area contributed by atoms with Crippen molar-refractivity contribution in [3.8, 4) is 11.5 Å². The molecule has 3 rings (SSSR count). The third kappa shape index (κ3) is 5.26. The number of carbonyl (C=O) groups is 3. The number of hydrogen-bond acceptors (Lipinski definition) is 8. The molecule has 1 aliphatic rings. The standard InChI is InChI=1S/C28H37N3O7/c1-8-30(9-2)13-10-14-31-24(18-11-12-19(36-5)20(15-18)37-6)22(26(33)27(31)34)25(32)21-16(3)23(28(35)38-7)29-17(21)4/h11-12,15,24,29,32H,8-10,13-14H2,1-7H3/t24-/m1/s1. The monoisotopic (exact) mass is 527 g/mol. The summed E-state index contributed by atoms with van der Waals surface area (Å²) in [6, 6.07) is 4.30. The van der Waals surface area contributed by atoms with E-state index in [9.17, 15) is 19.5 Å². The highest BCUT2D eigenvalue weighted by Gasteiger charge is 2.46. The van der Waals surface area contributed by atoms with E-state index < -0.39 is 23.7 Å². The largest absolute Gasteiger partial charge is 0.507 e. The zero-order valence-electron chi connectivity index (χ0n) is 23.1. The minimum Gasteiger partial charge on any atom is -0.507 e. The van der Waals surface area contributed by atoms with Crippen LogP contribution in [0, 0.1) is 13.8 Å². The molecular formula is C28H37N3O7. The number of Topliss-reactive ketones (excluding diaryl/α,β-unsaturated/α-hetero) is 1. The fourth-order valence-electron chi connectivity index (χ4n) is 5.03. The van der Waals surface area contributed by atoms with Crippen molar-refractivity contribution in [1.82, 2.24) is 14.8 Å². The minimum atomic E-state index is -0.859. The first kappa shape index (κ1) is 28.8. The number of aliphatic hydroxyl groups is 1. The summed E-state index contributed by atoms with van der Waals surface area (Å²) in [7, 11) is 4.29. The number of hydrogen-bond donors (Lipinski definition) is 2. The van der Waals surface area contributed by atoms with Crippen LogP contribution in [-0.4, -0.2) is 85.1 Å². The Morgan fingerprint density at radius 3 is 2.32 bits per heavy atom. The average Bonchev–Trinajstić information content (AvgIpc) is 3.36. The molecule has 1 aromatic heterocycles. The van der Waals surface area contributed by atoms with E-state index in [2.05, 4.69) is 23.7 Å². The maximum absolute atomic E-state index is 13.4. The molecule has 2 aromatic rings. The first-order chi connectivity index (χ1) is 18.1. The van der Waals surface area contributed by atoms with Gasteiger partial charge >= 0.3 is 5.97 Å². The summed E-state index contributed by atoms with van der Waals surface area (Å²) >= 11 is 0. The number of benzene rings is 1. The van der Waals surface area contributed by atoms with E-state index >= 15 is 0 Å². The summed E-state index contributed by atoms with van der Waals surface area (Å²) in [5.74, 6) is -1.50. The quantitative estimate of drug-likeness (QED) is 0.197. The van der Waals surface area contributed by atoms with Gasteiger partial charge in [0.2, 0.25) is 0 Å². The van der Waals surface area contributed by atoms with Gasteiger partial charge in [-0.05, 0) is 63.2 Å². The lowest BCUT2D eigenvalue weighted by molar-refractivity contribution is -0.140. The minimum absolute atomic E-state index is 0.0494. The predicted octanol–water partition coefficient (Wildman–Crippen LogP) is 3.59. The molecule has 1 fully saturated rings. The van der Waals surface area contributed by atoms with Gasteiger partial charge in [0, 0.05) is 17.8 Å². The summed E-state index contributed by atoms with van der Waals surface area (Å²) in [5.41, 5.74) is 1.89. The highest BCUT2D eigenvalue weighted by molar-refractivity contribution is 6.46. The number of ketones is 1. The van der Waals surface area contributed by atoms with Gasteiger partial charge < -0.3 is 34.1 Å². The maximum atomic E-state index is 13.4. The predicted molar refractivity (Wildman–Crippen MR) is 143 cm³/mol. The van der Waals surface area contributed by atoms with Crippen molar-refractivity contribution in [3.05, 3.63) is 51.9 Å². The summed E-state index contributed by atoms with van der Waals surface area (Å²) in [6.45, 7) is 10.3. The normalized spacial score (nSPS) is 16.8. The Bertz CT molecular complexity index is 1240. The number of nitrogens with one attached hydrogen (secondary N) is 1. The number of ether oxygens (including phenoxy) is 3. The first-order valence-corrected chi connectivity index (χ1v) is 12.6. The Morgan fingerprint density at radius 2 is 1.74 bits per heavy atom. The van der Waals surface area contributed by atoms with Crippen LogP contribution >= 0.6 is 0 Å². The maximum Gasteiger partial charge on any atom is 0.354 e. The molecule has 38 heavy (non-hydrogen) atoms. The third-order valence-electron chi connectivity index (χ3n) is 7.09. The van der Waals surface area contributed by atoms with E-state index in [-0.39, 0.29) is 22.6 Å². The molecule has 1 aromatic carbocycles. The molecule has 0 bridgehead atoms. The lowest BCUT2D eigenvalue weighted by Crippen LogP contribution is -2.33. The number of carbonyl (C=O) groups excluding carboxylic acids is 3. The van der Waals surface area contributed by atoms with E-state index in [1.54, 1.807) is 32.0 Å². The lowest BCUT2D eigenvalue weighted by atomic mass is 9.93. The van der Waals surface area contributed by atoms with Crippen molar-refractivity contribution in [1.29, 1.82) is 0 Å². The smallest absolute Gasteiger partial charge is 0.354 e. The molecule has 0 spiro atoms. The van der Waals surface area contributed by atoms with Crippen LogP contribution in [0.2, 0.25) is 0 Å². The zero-order chi connectivity index (χ0) is 28.1. The van der Waals surface area contributed by atoms with Gasteiger partial charge in [0.25, 0.3) is 11.7 Å². The van der Waals surface area contributed by atoms with Crippen molar-refractivity contribution in [2.75, 3.05) is 47.5 Å². The molecular weight excluding hydrogens is 490 g/mol. The van der Waals surface area contributed by atoms with Crippen LogP contribution in [0.3, 0.4) is 0 Å². The average molecular weight is 528 g/mol. The number of nitrogens with zero attached hydrogens (tertiary/aromatic N) is 2. The van der Waals surface area contributed by atoms with Gasteiger partial charge in [0.15, 0.2) is 11.5 Å². The van der Waals surface area contributed by atoms with Gasteiger partial charge in [-0.2, -0.15) is 0 Å². The fraction of sp³-hybridized carbons (Fsp3) is 0.464. The molecule has 0 aliphatic carbocycles. The van der Waals surface area contributed by atoms with Crippen LogP contribution in [0.1, 0.15) is 59.2 Å². The van der Waals surface area contributed by atoms with Crippen LogP contribution in [0.15, 0.2) is 23.8 Å². The highest BCUT2D eigenvalue weighted by Crippen LogP contribution is 2.43. The van der Waals surface area contributed by atoms with Crippen molar-refractivity contribution < 1.29 is 33.7 Å². The van der Waals surface area contributed by atoms with Crippen LogP contribution in [0.4, 0.5) is 0 Å². The number of aromatic amines is 1. The van der Waals surface area contributed by atoms with Crippen molar-refractivity contribution in [2.24, 2.45) is 0 Å². The second kappa shape index (κ2) is 12.2. The van der Waals surface area contributed by atoms with E-state index in [0.717, 1.165) is 19.6 Å². The van der Waals surface area contributed by atoms with Gasteiger partial charge in [0.05, 0.1) is 32.9 Å². The SMILES string of the molecule is CCN(CC)CCCN1C(=O)C(=O)C(=C(O)c2c(C)[nH]c(C(=O)OC)c2C)[C@H]1c1ccc(OC)c(OC)c1. The second-order valence-corrected chi connectivity index (χ2v) is 9.10. The first-order valence-electron chi connectivity index (χ1n) is 12.6. The number of amides is 1. The molecule has 0 radical (unpaired) electrons. The van der Waals surface area contributed by atoms with Crippen LogP contribution in [0.25, 0.3) is 5.76 Å². The number of aromatic nitrogens is 1. The Kier molecular flexibility index (Phi) is 9.22.